The van der Waals surface area contributed by atoms with Gasteiger partial charge < -0.3 is 14.8 Å². The highest BCUT2D eigenvalue weighted by molar-refractivity contribution is 7.90. The van der Waals surface area contributed by atoms with Crippen LogP contribution < -0.4 is 14.8 Å². The van der Waals surface area contributed by atoms with E-state index in [1.165, 1.54) is 18.2 Å². The molecule has 0 aliphatic heterocycles. The van der Waals surface area contributed by atoms with Crippen molar-refractivity contribution >= 4 is 21.4 Å². The largest absolute Gasteiger partial charge is 0.463 e. The van der Waals surface area contributed by atoms with Gasteiger partial charge in [0.05, 0.1) is 4.90 Å². The smallest absolute Gasteiger partial charge is 0.435 e. The summed E-state index contributed by atoms with van der Waals surface area (Å²) >= 11 is 0. The molecule has 1 amide bonds. The van der Waals surface area contributed by atoms with Crippen LogP contribution in [0.5, 0.6) is 17.4 Å². The summed E-state index contributed by atoms with van der Waals surface area (Å²) in [6.07, 6.45) is -4.03. The third kappa shape index (κ3) is 5.95. The third-order valence-corrected chi connectivity index (χ3v) is 5.26. The van der Waals surface area contributed by atoms with Crippen molar-refractivity contribution in [2.24, 2.45) is 0 Å². The number of aromatic nitrogens is 2. The molecule has 0 atom stereocenters. The SMILES string of the molecule is CS(=O)(=O)c1cccc(NC(=O)c2cc(C(F)(F)F)nnc2Oc2ccc(OCF)cc2F)c1. The van der Waals surface area contributed by atoms with Gasteiger partial charge >= 0.3 is 6.18 Å². The highest BCUT2D eigenvalue weighted by Crippen LogP contribution is 2.33. The first kappa shape index (κ1) is 24.8. The topological polar surface area (TPSA) is 107 Å². The summed E-state index contributed by atoms with van der Waals surface area (Å²) in [6, 6.07) is 8.16. The number of alkyl halides is 4. The van der Waals surface area contributed by atoms with Crippen LogP contribution in [-0.4, -0.2) is 37.6 Å². The third-order valence-electron chi connectivity index (χ3n) is 4.15. The molecular weight excluding hydrogens is 489 g/mol. The van der Waals surface area contributed by atoms with E-state index in [1.807, 2.05) is 0 Å². The van der Waals surface area contributed by atoms with Crippen molar-refractivity contribution in [3.8, 4) is 17.4 Å². The second-order valence-electron chi connectivity index (χ2n) is 6.65. The molecule has 1 aromatic heterocycles. The summed E-state index contributed by atoms with van der Waals surface area (Å²) < 4.78 is 99.0. The van der Waals surface area contributed by atoms with Crippen LogP contribution in [0.15, 0.2) is 53.4 Å². The Labute approximate surface area is 189 Å². The number of nitrogens with one attached hydrogen (secondary N) is 1. The number of hydrogen-bond acceptors (Lipinski definition) is 7. The maximum Gasteiger partial charge on any atom is 0.435 e. The summed E-state index contributed by atoms with van der Waals surface area (Å²) in [4.78, 5) is 12.6. The van der Waals surface area contributed by atoms with E-state index >= 15 is 0 Å². The summed E-state index contributed by atoms with van der Waals surface area (Å²) in [7, 11) is -3.64. The fourth-order valence-electron chi connectivity index (χ4n) is 2.58. The molecule has 3 rings (SSSR count). The van der Waals surface area contributed by atoms with Crippen LogP contribution in [0.2, 0.25) is 0 Å². The lowest BCUT2D eigenvalue weighted by atomic mass is 10.2. The minimum absolute atomic E-state index is 0.0526. The molecule has 0 saturated carbocycles. The zero-order valence-electron chi connectivity index (χ0n) is 17.1. The molecule has 2 aromatic carbocycles. The average Bonchev–Trinajstić information content (AvgIpc) is 2.75. The average molecular weight is 503 g/mol. The number of nitrogens with zero attached hydrogens (tertiary/aromatic N) is 2. The maximum absolute atomic E-state index is 14.3. The minimum Gasteiger partial charge on any atom is -0.463 e. The number of hydrogen-bond donors (Lipinski definition) is 1. The number of ether oxygens (including phenoxy) is 2. The standard InChI is InChI=1S/C20H14F5N3O5S/c1-34(30,31)13-4-2-3-11(7-13)26-18(29)14-9-17(20(23,24)25)27-28-19(14)33-16-6-5-12(32-10-21)8-15(16)22/h2-9H,10H2,1H3,(H,26,29). The van der Waals surface area contributed by atoms with Gasteiger partial charge in [-0.15, -0.1) is 10.2 Å². The van der Waals surface area contributed by atoms with Crippen molar-refractivity contribution < 1.29 is 44.6 Å². The Hall–Kier alpha value is -3.81. The fourth-order valence-corrected chi connectivity index (χ4v) is 3.25. The van der Waals surface area contributed by atoms with E-state index in [4.69, 9.17) is 4.74 Å². The van der Waals surface area contributed by atoms with Crippen LogP contribution in [0, 0.1) is 5.82 Å². The number of carbonyl (C=O) groups is 1. The highest BCUT2D eigenvalue weighted by Gasteiger charge is 2.35. The molecule has 1 heterocycles. The van der Waals surface area contributed by atoms with Gasteiger partial charge in [0.1, 0.15) is 11.3 Å². The summed E-state index contributed by atoms with van der Waals surface area (Å²) in [5.74, 6) is -3.77. The molecule has 0 bridgehead atoms. The van der Waals surface area contributed by atoms with Crippen molar-refractivity contribution in [1.82, 2.24) is 10.2 Å². The Morgan fingerprint density at radius 3 is 2.44 bits per heavy atom. The quantitative estimate of drug-likeness (QED) is 0.477. The van der Waals surface area contributed by atoms with E-state index in [9.17, 15) is 35.2 Å². The molecule has 1 N–H and O–H groups in total. The molecule has 180 valence electrons. The number of benzene rings is 2. The molecule has 3 aromatic rings. The summed E-state index contributed by atoms with van der Waals surface area (Å²) in [6.45, 7) is -1.23. The lowest BCUT2D eigenvalue weighted by Crippen LogP contribution is -2.18. The van der Waals surface area contributed by atoms with E-state index in [0.29, 0.717) is 6.07 Å². The molecule has 14 heteroatoms. The minimum atomic E-state index is -4.96. The zero-order valence-corrected chi connectivity index (χ0v) is 17.9. The van der Waals surface area contributed by atoms with E-state index in [-0.39, 0.29) is 16.3 Å². The lowest BCUT2D eigenvalue weighted by Gasteiger charge is -2.13. The first-order valence-electron chi connectivity index (χ1n) is 9.11. The van der Waals surface area contributed by atoms with Gasteiger partial charge in [-0.1, -0.05) is 6.07 Å². The van der Waals surface area contributed by atoms with Crippen molar-refractivity contribution in [1.29, 1.82) is 0 Å². The molecule has 34 heavy (non-hydrogen) atoms. The van der Waals surface area contributed by atoms with Gasteiger partial charge in [-0.05, 0) is 36.4 Å². The zero-order chi connectivity index (χ0) is 25.1. The molecule has 8 nitrogen and oxygen atoms in total. The summed E-state index contributed by atoms with van der Waals surface area (Å²) in [5.41, 5.74) is -2.35. The van der Waals surface area contributed by atoms with Crippen LogP contribution in [0.4, 0.5) is 27.6 Å². The Morgan fingerprint density at radius 2 is 1.82 bits per heavy atom. The van der Waals surface area contributed by atoms with Crippen molar-refractivity contribution in [3.05, 3.63) is 65.6 Å². The van der Waals surface area contributed by atoms with Crippen molar-refractivity contribution in [2.75, 3.05) is 18.4 Å². The van der Waals surface area contributed by atoms with E-state index in [0.717, 1.165) is 30.5 Å². The molecule has 0 radical (unpaired) electrons. The molecule has 0 aliphatic carbocycles. The van der Waals surface area contributed by atoms with Gasteiger partial charge in [0, 0.05) is 18.0 Å². The first-order valence-corrected chi connectivity index (χ1v) is 11.0. The van der Waals surface area contributed by atoms with E-state index in [1.54, 1.807) is 0 Å². The van der Waals surface area contributed by atoms with Gasteiger partial charge in [-0.25, -0.2) is 17.2 Å². The second kappa shape index (κ2) is 9.59. The molecule has 0 spiro atoms. The van der Waals surface area contributed by atoms with Gasteiger partial charge in [-0.2, -0.15) is 13.2 Å². The number of sulfone groups is 1. The Kier molecular flexibility index (Phi) is 7.00. The molecule has 0 aliphatic rings. The van der Waals surface area contributed by atoms with Crippen LogP contribution in [-0.2, 0) is 16.0 Å². The highest BCUT2D eigenvalue weighted by atomic mass is 32.2. The summed E-state index contributed by atoms with van der Waals surface area (Å²) in [5, 5.41) is 8.46. The Balaban J connectivity index is 1.99. The van der Waals surface area contributed by atoms with Crippen molar-refractivity contribution in [3.63, 3.8) is 0 Å². The number of amides is 1. The number of anilines is 1. The van der Waals surface area contributed by atoms with Crippen molar-refractivity contribution in [2.45, 2.75) is 11.1 Å². The maximum atomic E-state index is 14.3. The Morgan fingerprint density at radius 1 is 1.09 bits per heavy atom. The van der Waals surface area contributed by atoms with Crippen LogP contribution in [0.3, 0.4) is 0 Å². The normalized spacial score (nSPS) is 11.7. The lowest BCUT2D eigenvalue weighted by molar-refractivity contribution is -0.141. The number of halogens is 5. The monoisotopic (exact) mass is 503 g/mol. The van der Waals surface area contributed by atoms with Crippen LogP contribution >= 0.6 is 0 Å². The predicted octanol–water partition coefficient (Wildman–Crippen LogP) is 4.39. The molecule has 0 fully saturated rings. The Bertz CT molecular complexity index is 1330. The van der Waals surface area contributed by atoms with E-state index in [2.05, 4.69) is 20.3 Å². The van der Waals surface area contributed by atoms with Crippen LogP contribution in [0.25, 0.3) is 0 Å². The van der Waals surface area contributed by atoms with Crippen LogP contribution in [0.1, 0.15) is 16.1 Å². The second-order valence-corrected chi connectivity index (χ2v) is 8.66. The first-order chi connectivity index (χ1) is 15.9. The van der Waals surface area contributed by atoms with Gasteiger partial charge in [0.25, 0.3) is 11.8 Å². The number of rotatable bonds is 7. The fraction of sp³-hybridized carbons (Fsp3) is 0.150. The molecular formula is C20H14F5N3O5S. The van der Waals surface area contributed by atoms with Gasteiger partial charge in [0.15, 0.2) is 27.1 Å². The predicted molar refractivity (Wildman–Crippen MR) is 108 cm³/mol. The van der Waals surface area contributed by atoms with Gasteiger partial charge in [-0.3, -0.25) is 4.79 Å². The van der Waals surface area contributed by atoms with E-state index < -0.39 is 57.5 Å². The molecule has 0 saturated heterocycles. The number of carbonyl (C=O) groups excluding carboxylic acids is 1. The molecule has 0 unspecified atom stereocenters. The van der Waals surface area contributed by atoms with Gasteiger partial charge in [0.2, 0.25) is 6.86 Å².